The zero-order chi connectivity index (χ0) is 8.84. The van der Waals surface area contributed by atoms with Gasteiger partial charge in [-0.25, -0.2) is 0 Å². The largest absolute Gasteiger partial charge is 0.323 e. The van der Waals surface area contributed by atoms with Crippen LogP contribution in [0.25, 0.3) is 0 Å². The Morgan fingerprint density at radius 1 is 1.38 bits per heavy atom. The topological polar surface area (TPSA) is 43.8 Å². The number of aromatic nitrogens is 2. The highest BCUT2D eigenvalue weighted by atomic mass is 15.3. The fourth-order valence-corrected chi connectivity index (χ4v) is 2.12. The van der Waals surface area contributed by atoms with Crippen molar-refractivity contribution in [1.82, 2.24) is 9.78 Å². The third-order valence-corrected chi connectivity index (χ3v) is 3.09. The molecule has 2 heterocycles. The number of hydrogen-bond donors (Lipinski definition) is 1. The molecule has 0 amide bonds. The van der Waals surface area contributed by atoms with E-state index in [1.54, 1.807) is 0 Å². The zero-order valence-electron chi connectivity index (χ0n) is 7.74. The van der Waals surface area contributed by atoms with Gasteiger partial charge in [-0.05, 0) is 31.7 Å². The summed E-state index contributed by atoms with van der Waals surface area (Å²) < 4.78 is 2.11. The smallest absolute Gasteiger partial charge is 0.0659 e. The normalized spacial score (nSPS) is 27.3. The maximum Gasteiger partial charge on any atom is 0.0659 e. The molecule has 13 heavy (non-hydrogen) atoms. The van der Waals surface area contributed by atoms with Crippen LogP contribution in [0.4, 0.5) is 0 Å². The Bertz CT molecular complexity index is 325. The van der Waals surface area contributed by atoms with Crippen LogP contribution in [0.3, 0.4) is 0 Å². The van der Waals surface area contributed by atoms with Gasteiger partial charge in [0, 0.05) is 18.5 Å². The van der Waals surface area contributed by atoms with Gasteiger partial charge in [0.2, 0.25) is 0 Å². The van der Waals surface area contributed by atoms with Gasteiger partial charge in [0.25, 0.3) is 0 Å². The van der Waals surface area contributed by atoms with E-state index in [1.165, 1.54) is 30.7 Å². The van der Waals surface area contributed by atoms with E-state index in [9.17, 15) is 0 Å². The summed E-state index contributed by atoms with van der Waals surface area (Å²) in [4.78, 5) is 0. The Labute approximate surface area is 77.9 Å². The number of nitrogens with zero attached hydrogens (tertiary/aromatic N) is 2. The number of rotatable bonds is 1. The predicted molar refractivity (Wildman–Crippen MR) is 50.4 cm³/mol. The van der Waals surface area contributed by atoms with Gasteiger partial charge in [0.05, 0.1) is 11.4 Å². The predicted octanol–water partition coefficient (Wildman–Crippen LogP) is 1.55. The van der Waals surface area contributed by atoms with Crippen LogP contribution in [0.2, 0.25) is 0 Å². The maximum absolute atomic E-state index is 6.02. The number of hydrogen-bond acceptors (Lipinski definition) is 2. The van der Waals surface area contributed by atoms with Crippen LogP contribution in [0, 0.1) is 0 Å². The molecule has 1 aliphatic heterocycles. The third-order valence-electron chi connectivity index (χ3n) is 3.09. The van der Waals surface area contributed by atoms with E-state index in [4.69, 9.17) is 5.73 Å². The van der Waals surface area contributed by atoms with E-state index in [2.05, 4.69) is 15.8 Å². The first-order chi connectivity index (χ1) is 6.34. The van der Waals surface area contributed by atoms with E-state index in [0.29, 0.717) is 0 Å². The van der Waals surface area contributed by atoms with E-state index >= 15 is 0 Å². The first kappa shape index (κ1) is 7.56. The standard InChI is InChI=1S/C10H15N3/c11-8-2-1-5-13-10(8)6-9(12-13)7-3-4-7/h6-8H,1-5,11H2/t8-/m0/s1. The Kier molecular flexibility index (Phi) is 1.50. The average molecular weight is 177 g/mol. The summed E-state index contributed by atoms with van der Waals surface area (Å²) >= 11 is 0. The first-order valence-corrected chi connectivity index (χ1v) is 5.18. The Morgan fingerprint density at radius 3 is 2.92 bits per heavy atom. The van der Waals surface area contributed by atoms with Gasteiger partial charge in [0.15, 0.2) is 0 Å². The van der Waals surface area contributed by atoms with Crippen LogP contribution < -0.4 is 5.73 Å². The lowest BCUT2D eigenvalue weighted by atomic mass is 10.1. The van der Waals surface area contributed by atoms with E-state index < -0.39 is 0 Å². The molecule has 1 saturated carbocycles. The second kappa shape index (κ2) is 2.58. The molecule has 1 fully saturated rings. The number of fused-ring (bicyclic) bond motifs is 1. The maximum atomic E-state index is 6.02. The molecule has 2 aliphatic rings. The summed E-state index contributed by atoms with van der Waals surface area (Å²) in [6, 6.07) is 2.45. The molecule has 2 N–H and O–H groups in total. The van der Waals surface area contributed by atoms with Gasteiger partial charge < -0.3 is 5.73 Å². The van der Waals surface area contributed by atoms with Crippen LogP contribution in [-0.2, 0) is 6.54 Å². The average Bonchev–Trinajstić information content (AvgIpc) is 2.87. The molecule has 1 aromatic heterocycles. The molecule has 0 spiro atoms. The van der Waals surface area contributed by atoms with Crippen LogP contribution in [0.1, 0.15) is 49.0 Å². The lowest BCUT2D eigenvalue weighted by Gasteiger charge is -2.19. The Hall–Kier alpha value is -0.830. The second-order valence-electron chi connectivity index (χ2n) is 4.24. The van der Waals surface area contributed by atoms with E-state index in [0.717, 1.165) is 18.9 Å². The quantitative estimate of drug-likeness (QED) is 0.707. The molecule has 0 saturated heterocycles. The van der Waals surface area contributed by atoms with Gasteiger partial charge in [-0.15, -0.1) is 0 Å². The van der Waals surface area contributed by atoms with E-state index in [1.807, 2.05) is 0 Å². The monoisotopic (exact) mass is 177 g/mol. The number of aryl methyl sites for hydroxylation is 1. The summed E-state index contributed by atoms with van der Waals surface area (Å²) in [5.41, 5.74) is 8.56. The van der Waals surface area contributed by atoms with Crippen molar-refractivity contribution in [2.45, 2.75) is 44.2 Å². The van der Waals surface area contributed by atoms with Crippen molar-refractivity contribution in [2.75, 3.05) is 0 Å². The van der Waals surface area contributed by atoms with Crippen molar-refractivity contribution in [3.63, 3.8) is 0 Å². The van der Waals surface area contributed by atoms with Gasteiger partial charge in [0.1, 0.15) is 0 Å². The van der Waals surface area contributed by atoms with Crippen molar-refractivity contribution in [1.29, 1.82) is 0 Å². The molecule has 3 heteroatoms. The highest BCUT2D eigenvalue weighted by molar-refractivity contribution is 5.21. The Balaban J connectivity index is 1.99. The lowest BCUT2D eigenvalue weighted by Crippen LogP contribution is -2.21. The van der Waals surface area contributed by atoms with Crippen molar-refractivity contribution < 1.29 is 0 Å². The highest BCUT2D eigenvalue weighted by Crippen LogP contribution is 2.40. The van der Waals surface area contributed by atoms with Crippen LogP contribution in [0.15, 0.2) is 6.07 Å². The summed E-state index contributed by atoms with van der Waals surface area (Å²) in [5, 5.41) is 4.60. The van der Waals surface area contributed by atoms with Gasteiger partial charge in [-0.3, -0.25) is 4.68 Å². The summed E-state index contributed by atoms with van der Waals surface area (Å²) in [6.45, 7) is 1.07. The molecule has 1 aromatic rings. The minimum absolute atomic E-state index is 0.230. The van der Waals surface area contributed by atoms with Gasteiger partial charge in [-0.2, -0.15) is 5.10 Å². The zero-order valence-corrected chi connectivity index (χ0v) is 7.74. The summed E-state index contributed by atoms with van der Waals surface area (Å²) in [5.74, 6) is 0.755. The fourth-order valence-electron chi connectivity index (χ4n) is 2.12. The summed E-state index contributed by atoms with van der Waals surface area (Å²) in [6.07, 6.45) is 4.95. The molecule has 0 bridgehead atoms. The van der Waals surface area contributed by atoms with Gasteiger partial charge >= 0.3 is 0 Å². The molecule has 1 atom stereocenters. The molecular weight excluding hydrogens is 162 g/mol. The molecule has 1 aliphatic carbocycles. The van der Waals surface area contributed by atoms with Crippen LogP contribution >= 0.6 is 0 Å². The van der Waals surface area contributed by atoms with Crippen molar-refractivity contribution in [3.8, 4) is 0 Å². The SMILES string of the molecule is N[C@H]1CCCn2nc(C3CC3)cc21. The highest BCUT2D eigenvalue weighted by Gasteiger charge is 2.29. The molecule has 0 radical (unpaired) electrons. The third kappa shape index (κ3) is 1.18. The van der Waals surface area contributed by atoms with E-state index in [-0.39, 0.29) is 6.04 Å². The van der Waals surface area contributed by atoms with Gasteiger partial charge in [-0.1, -0.05) is 0 Å². The van der Waals surface area contributed by atoms with Crippen molar-refractivity contribution in [3.05, 3.63) is 17.5 Å². The van der Waals surface area contributed by atoms with Crippen molar-refractivity contribution >= 4 is 0 Å². The Morgan fingerprint density at radius 2 is 2.23 bits per heavy atom. The fraction of sp³-hybridized carbons (Fsp3) is 0.700. The molecular formula is C10H15N3. The molecule has 0 aromatic carbocycles. The van der Waals surface area contributed by atoms with Crippen LogP contribution in [-0.4, -0.2) is 9.78 Å². The summed E-state index contributed by atoms with van der Waals surface area (Å²) in [7, 11) is 0. The first-order valence-electron chi connectivity index (χ1n) is 5.18. The number of nitrogens with two attached hydrogens (primary N) is 1. The van der Waals surface area contributed by atoms with Crippen LogP contribution in [0.5, 0.6) is 0 Å². The minimum atomic E-state index is 0.230. The molecule has 3 rings (SSSR count). The second-order valence-corrected chi connectivity index (χ2v) is 4.24. The molecule has 3 nitrogen and oxygen atoms in total. The van der Waals surface area contributed by atoms with Crippen molar-refractivity contribution in [2.24, 2.45) is 5.73 Å². The molecule has 70 valence electrons. The minimum Gasteiger partial charge on any atom is -0.323 e. The molecule has 0 unspecified atom stereocenters. The lowest BCUT2D eigenvalue weighted by molar-refractivity contribution is 0.429.